The molecule has 1 aromatic heterocycles. The molecule has 3 rings (SSSR count). The summed E-state index contributed by atoms with van der Waals surface area (Å²) >= 11 is 0. The molecule has 0 aliphatic carbocycles. The number of imidazole rings is 1. The molecule has 1 N–H and O–H groups in total. The fourth-order valence-electron chi connectivity index (χ4n) is 3.34. The fourth-order valence-corrected chi connectivity index (χ4v) is 4.93. The molecule has 0 spiro atoms. The highest BCUT2D eigenvalue weighted by molar-refractivity contribution is 7.91. The minimum atomic E-state index is -2.78. The molecule has 112 valence electrons. The lowest BCUT2D eigenvalue weighted by molar-refractivity contribution is 0.238. The second kappa shape index (κ2) is 5.48. The molecule has 2 aliphatic heterocycles. The van der Waals surface area contributed by atoms with Crippen LogP contribution in [0.4, 0.5) is 0 Å². The SMILES string of the molecule is O=S1(=O)CCC(Cc2cn3c(n2)C(CO)CCC3)CC1. The lowest BCUT2D eigenvalue weighted by Crippen LogP contribution is -2.24. The molecule has 1 aromatic rings. The average molecular weight is 298 g/mol. The van der Waals surface area contributed by atoms with Crippen LogP contribution in [0.5, 0.6) is 0 Å². The first-order valence-electron chi connectivity index (χ1n) is 7.44. The van der Waals surface area contributed by atoms with Gasteiger partial charge in [-0.15, -0.1) is 0 Å². The number of hydrogen-bond acceptors (Lipinski definition) is 4. The second-order valence-electron chi connectivity index (χ2n) is 6.10. The van der Waals surface area contributed by atoms with Gasteiger partial charge >= 0.3 is 0 Å². The molecule has 3 heterocycles. The number of aryl methyl sites for hydroxylation is 1. The molecular formula is C14H22N2O3S. The van der Waals surface area contributed by atoms with Crippen molar-refractivity contribution in [1.29, 1.82) is 0 Å². The summed E-state index contributed by atoms with van der Waals surface area (Å²) in [4.78, 5) is 4.69. The first kappa shape index (κ1) is 14.1. The molecule has 0 bridgehead atoms. The van der Waals surface area contributed by atoms with E-state index in [0.717, 1.165) is 50.2 Å². The van der Waals surface area contributed by atoms with Crippen LogP contribution < -0.4 is 0 Å². The third-order valence-electron chi connectivity index (χ3n) is 4.57. The van der Waals surface area contributed by atoms with Gasteiger partial charge in [0, 0.05) is 18.7 Å². The Morgan fingerprint density at radius 1 is 1.30 bits per heavy atom. The van der Waals surface area contributed by atoms with Gasteiger partial charge in [-0.1, -0.05) is 0 Å². The van der Waals surface area contributed by atoms with E-state index in [1.807, 2.05) is 0 Å². The Kier molecular flexibility index (Phi) is 3.86. The molecule has 5 nitrogen and oxygen atoms in total. The van der Waals surface area contributed by atoms with Gasteiger partial charge in [0.05, 0.1) is 23.8 Å². The molecule has 0 aromatic carbocycles. The van der Waals surface area contributed by atoms with Crippen LogP contribution in [0.1, 0.15) is 43.1 Å². The quantitative estimate of drug-likeness (QED) is 0.907. The van der Waals surface area contributed by atoms with Crippen LogP contribution in [0.25, 0.3) is 0 Å². The Labute approximate surface area is 119 Å². The highest BCUT2D eigenvalue weighted by Gasteiger charge is 2.26. The van der Waals surface area contributed by atoms with Gasteiger partial charge in [-0.25, -0.2) is 13.4 Å². The summed E-state index contributed by atoms with van der Waals surface area (Å²) < 4.78 is 25.0. The lowest BCUT2D eigenvalue weighted by Gasteiger charge is -2.21. The van der Waals surface area contributed by atoms with Crippen molar-refractivity contribution in [3.05, 3.63) is 17.7 Å². The van der Waals surface area contributed by atoms with Gasteiger partial charge in [-0.2, -0.15) is 0 Å². The zero-order valence-electron chi connectivity index (χ0n) is 11.7. The highest BCUT2D eigenvalue weighted by atomic mass is 32.2. The zero-order chi connectivity index (χ0) is 14.2. The van der Waals surface area contributed by atoms with E-state index in [0.29, 0.717) is 17.4 Å². The first-order valence-corrected chi connectivity index (χ1v) is 9.27. The van der Waals surface area contributed by atoms with Gasteiger partial charge in [0.15, 0.2) is 0 Å². The smallest absolute Gasteiger partial charge is 0.150 e. The average Bonchev–Trinajstić information content (AvgIpc) is 2.83. The number of aliphatic hydroxyl groups excluding tert-OH is 1. The van der Waals surface area contributed by atoms with Crippen molar-refractivity contribution in [2.75, 3.05) is 18.1 Å². The number of fused-ring (bicyclic) bond motifs is 1. The molecule has 1 fully saturated rings. The van der Waals surface area contributed by atoms with Gasteiger partial charge < -0.3 is 9.67 Å². The molecule has 0 saturated carbocycles. The Hall–Kier alpha value is -0.880. The van der Waals surface area contributed by atoms with Gasteiger partial charge in [0.2, 0.25) is 0 Å². The van der Waals surface area contributed by atoms with E-state index >= 15 is 0 Å². The highest BCUT2D eigenvalue weighted by Crippen LogP contribution is 2.28. The van der Waals surface area contributed by atoms with Crippen molar-refractivity contribution in [3.8, 4) is 0 Å². The summed E-state index contributed by atoms with van der Waals surface area (Å²) in [5, 5.41) is 9.41. The maximum Gasteiger partial charge on any atom is 0.150 e. The van der Waals surface area contributed by atoms with Gasteiger partial charge in [0.1, 0.15) is 15.7 Å². The molecule has 2 aliphatic rings. The maximum atomic E-state index is 11.4. The zero-order valence-corrected chi connectivity index (χ0v) is 12.5. The van der Waals surface area contributed by atoms with Gasteiger partial charge in [-0.05, 0) is 38.0 Å². The summed E-state index contributed by atoms with van der Waals surface area (Å²) in [6, 6.07) is 0. The third kappa shape index (κ3) is 2.91. The summed E-state index contributed by atoms with van der Waals surface area (Å²) in [6.45, 7) is 1.15. The normalized spacial score (nSPS) is 26.4. The van der Waals surface area contributed by atoms with E-state index in [9.17, 15) is 13.5 Å². The Morgan fingerprint density at radius 3 is 2.75 bits per heavy atom. The van der Waals surface area contributed by atoms with Crippen molar-refractivity contribution in [3.63, 3.8) is 0 Å². The first-order chi connectivity index (χ1) is 9.57. The van der Waals surface area contributed by atoms with Crippen molar-refractivity contribution in [2.45, 2.75) is 44.6 Å². The number of hydrogen-bond donors (Lipinski definition) is 1. The van der Waals surface area contributed by atoms with E-state index in [-0.39, 0.29) is 12.5 Å². The van der Waals surface area contributed by atoms with Gasteiger partial charge in [-0.3, -0.25) is 0 Å². The summed E-state index contributed by atoms with van der Waals surface area (Å²) in [7, 11) is -2.78. The largest absolute Gasteiger partial charge is 0.396 e. The minimum Gasteiger partial charge on any atom is -0.396 e. The maximum absolute atomic E-state index is 11.4. The summed E-state index contributed by atoms with van der Waals surface area (Å²) in [5.74, 6) is 2.26. The summed E-state index contributed by atoms with van der Waals surface area (Å²) in [5.41, 5.74) is 1.06. The molecule has 20 heavy (non-hydrogen) atoms. The van der Waals surface area contributed by atoms with E-state index in [1.165, 1.54) is 0 Å². The molecule has 0 amide bonds. The van der Waals surface area contributed by atoms with Crippen molar-refractivity contribution in [1.82, 2.24) is 9.55 Å². The van der Waals surface area contributed by atoms with E-state index in [4.69, 9.17) is 0 Å². The van der Waals surface area contributed by atoms with Gasteiger partial charge in [0.25, 0.3) is 0 Å². The topological polar surface area (TPSA) is 72.2 Å². The van der Waals surface area contributed by atoms with Crippen LogP contribution in [-0.4, -0.2) is 41.2 Å². The Morgan fingerprint density at radius 2 is 2.05 bits per heavy atom. The third-order valence-corrected chi connectivity index (χ3v) is 6.28. The van der Waals surface area contributed by atoms with E-state index < -0.39 is 9.84 Å². The predicted octanol–water partition coefficient (Wildman–Crippen LogP) is 1.12. The predicted molar refractivity (Wildman–Crippen MR) is 76.4 cm³/mol. The van der Waals surface area contributed by atoms with Crippen molar-refractivity contribution < 1.29 is 13.5 Å². The van der Waals surface area contributed by atoms with Crippen LogP contribution in [0.3, 0.4) is 0 Å². The molecule has 6 heteroatoms. The minimum absolute atomic E-state index is 0.165. The molecule has 0 radical (unpaired) electrons. The van der Waals surface area contributed by atoms with Crippen LogP contribution in [0.15, 0.2) is 6.20 Å². The molecular weight excluding hydrogens is 276 g/mol. The van der Waals surface area contributed by atoms with Crippen LogP contribution in [0, 0.1) is 5.92 Å². The van der Waals surface area contributed by atoms with Crippen molar-refractivity contribution in [2.24, 2.45) is 5.92 Å². The van der Waals surface area contributed by atoms with Crippen LogP contribution in [0.2, 0.25) is 0 Å². The Bertz CT molecular complexity index is 565. The standard InChI is InChI=1S/C14H22N2O3S/c17-10-12-2-1-5-16-9-13(15-14(12)16)8-11-3-6-20(18,19)7-4-11/h9,11-12,17H,1-8,10H2. The number of sulfone groups is 1. The Balaban J connectivity index is 1.68. The number of nitrogens with zero attached hydrogens (tertiary/aromatic N) is 2. The monoisotopic (exact) mass is 298 g/mol. The van der Waals surface area contributed by atoms with Crippen molar-refractivity contribution >= 4 is 9.84 Å². The molecule has 1 saturated heterocycles. The lowest BCUT2D eigenvalue weighted by atomic mass is 9.97. The molecule has 1 unspecified atom stereocenters. The van der Waals surface area contributed by atoms with E-state index in [2.05, 4.69) is 15.7 Å². The van der Waals surface area contributed by atoms with Crippen LogP contribution in [-0.2, 0) is 22.8 Å². The summed E-state index contributed by atoms with van der Waals surface area (Å²) in [6.07, 6.45) is 6.58. The fraction of sp³-hybridized carbons (Fsp3) is 0.786. The number of rotatable bonds is 3. The number of aromatic nitrogens is 2. The van der Waals surface area contributed by atoms with E-state index in [1.54, 1.807) is 0 Å². The van der Waals surface area contributed by atoms with Crippen LogP contribution >= 0.6 is 0 Å². The number of aliphatic hydroxyl groups is 1. The second-order valence-corrected chi connectivity index (χ2v) is 8.41. The molecule has 1 atom stereocenters.